The molecule has 0 saturated carbocycles. The van der Waals surface area contributed by atoms with Gasteiger partial charge in [-0.15, -0.1) is 11.3 Å². The first-order valence-corrected chi connectivity index (χ1v) is 14.3. The maximum atomic E-state index is 6.38. The van der Waals surface area contributed by atoms with Crippen molar-refractivity contribution >= 4 is 44.1 Å². The lowest BCUT2D eigenvalue weighted by atomic mass is 9.78. The van der Waals surface area contributed by atoms with Gasteiger partial charge in [-0.05, 0) is 45.3 Å². The van der Waals surface area contributed by atoms with Gasteiger partial charge in [-0.3, -0.25) is 0 Å². The van der Waals surface area contributed by atoms with Crippen molar-refractivity contribution < 1.29 is 9.31 Å². The molecular weight excluding hydrogens is 513 g/mol. The Bertz CT molecular complexity index is 1800. The topological polar surface area (TPSA) is 57.1 Å². The number of aromatic nitrogens is 3. The predicted octanol–water partition coefficient (Wildman–Crippen LogP) is 7.54. The Morgan fingerprint density at radius 2 is 1.18 bits per heavy atom. The van der Waals surface area contributed by atoms with Crippen LogP contribution in [0, 0.1) is 0 Å². The van der Waals surface area contributed by atoms with E-state index >= 15 is 0 Å². The van der Waals surface area contributed by atoms with Crippen molar-refractivity contribution in [2.24, 2.45) is 0 Å². The average Bonchev–Trinajstić information content (AvgIpc) is 3.45. The first-order chi connectivity index (χ1) is 19.3. The molecule has 0 atom stereocenters. The molecule has 40 heavy (non-hydrogen) atoms. The Morgan fingerprint density at radius 3 is 1.77 bits per heavy atom. The molecular formula is C33H28BN3O2S. The van der Waals surface area contributed by atoms with Crippen LogP contribution in [0.2, 0.25) is 0 Å². The number of rotatable bonds is 4. The molecule has 1 aliphatic heterocycles. The van der Waals surface area contributed by atoms with Gasteiger partial charge in [-0.2, -0.15) is 0 Å². The number of thiophene rings is 1. The fraction of sp³-hybridized carbons (Fsp3) is 0.182. The molecule has 196 valence electrons. The monoisotopic (exact) mass is 541 g/mol. The van der Waals surface area contributed by atoms with E-state index in [1.54, 1.807) is 11.3 Å². The molecule has 0 aliphatic carbocycles. The Kier molecular flexibility index (Phi) is 5.86. The van der Waals surface area contributed by atoms with Gasteiger partial charge in [0.2, 0.25) is 0 Å². The molecule has 7 heteroatoms. The Hall–Kier alpha value is -3.91. The Labute approximate surface area is 238 Å². The molecule has 0 amide bonds. The molecule has 6 aromatic rings. The molecule has 7 rings (SSSR count). The molecule has 0 unspecified atom stereocenters. The first-order valence-electron chi connectivity index (χ1n) is 13.5. The van der Waals surface area contributed by atoms with Crippen molar-refractivity contribution in [1.82, 2.24) is 15.0 Å². The third-order valence-electron chi connectivity index (χ3n) is 7.98. The quantitative estimate of drug-likeness (QED) is 0.216. The molecule has 5 nitrogen and oxygen atoms in total. The third kappa shape index (κ3) is 4.22. The first kappa shape index (κ1) is 25.1. The third-order valence-corrected chi connectivity index (χ3v) is 9.12. The van der Waals surface area contributed by atoms with E-state index in [1.165, 1.54) is 9.40 Å². The van der Waals surface area contributed by atoms with Crippen LogP contribution in [-0.2, 0) is 9.31 Å². The molecule has 0 radical (unpaired) electrons. The predicted molar refractivity (Wildman–Crippen MR) is 165 cm³/mol. The summed E-state index contributed by atoms with van der Waals surface area (Å²) in [5.74, 6) is 1.96. The highest BCUT2D eigenvalue weighted by atomic mass is 32.1. The fourth-order valence-electron chi connectivity index (χ4n) is 5.09. The summed E-state index contributed by atoms with van der Waals surface area (Å²) in [6.45, 7) is 8.33. The zero-order chi connectivity index (χ0) is 27.5. The minimum Gasteiger partial charge on any atom is -0.399 e. The summed E-state index contributed by atoms with van der Waals surface area (Å²) in [6, 6.07) is 33.0. The van der Waals surface area contributed by atoms with Gasteiger partial charge < -0.3 is 9.31 Å². The van der Waals surface area contributed by atoms with E-state index < -0.39 is 18.3 Å². The second-order valence-corrected chi connectivity index (χ2v) is 12.2. The van der Waals surface area contributed by atoms with Crippen molar-refractivity contribution in [3.8, 4) is 34.2 Å². The lowest BCUT2D eigenvalue weighted by Gasteiger charge is -2.32. The molecule has 2 aromatic heterocycles. The maximum Gasteiger partial charge on any atom is 0.494 e. The van der Waals surface area contributed by atoms with Crippen LogP contribution in [0.3, 0.4) is 0 Å². The van der Waals surface area contributed by atoms with Gasteiger partial charge in [0.1, 0.15) is 0 Å². The van der Waals surface area contributed by atoms with Crippen LogP contribution in [0.1, 0.15) is 27.7 Å². The largest absolute Gasteiger partial charge is 0.494 e. The van der Waals surface area contributed by atoms with E-state index in [9.17, 15) is 0 Å². The summed E-state index contributed by atoms with van der Waals surface area (Å²) in [5, 5.41) is 2.27. The van der Waals surface area contributed by atoms with Crippen molar-refractivity contribution in [2.75, 3.05) is 0 Å². The number of hydrogen-bond donors (Lipinski definition) is 0. The van der Waals surface area contributed by atoms with Crippen LogP contribution in [0.4, 0.5) is 0 Å². The van der Waals surface area contributed by atoms with Crippen LogP contribution < -0.4 is 5.46 Å². The van der Waals surface area contributed by atoms with Gasteiger partial charge in [-0.25, -0.2) is 15.0 Å². The van der Waals surface area contributed by atoms with Crippen molar-refractivity contribution in [2.45, 2.75) is 38.9 Å². The van der Waals surface area contributed by atoms with Crippen LogP contribution in [0.25, 0.3) is 54.3 Å². The van der Waals surface area contributed by atoms with Crippen molar-refractivity contribution in [3.05, 3.63) is 97.1 Å². The van der Waals surface area contributed by atoms with E-state index in [-0.39, 0.29) is 0 Å². The Morgan fingerprint density at radius 1 is 0.600 bits per heavy atom. The summed E-state index contributed by atoms with van der Waals surface area (Å²) in [5.41, 5.74) is 3.09. The number of hydrogen-bond acceptors (Lipinski definition) is 6. The molecule has 0 N–H and O–H groups in total. The zero-order valence-electron chi connectivity index (χ0n) is 22.9. The van der Waals surface area contributed by atoms with Gasteiger partial charge in [0, 0.05) is 36.9 Å². The van der Waals surface area contributed by atoms with Gasteiger partial charge in [0.25, 0.3) is 0 Å². The summed E-state index contributed by atoms with van der Waals surface area (Å²) in [6.07, 6.45) is 0. The molecule has 0 spiro atoms. The van der Waals surface area contributed by atoms with Gasteiger partial charge in [0.15, 0.2) is 17.5 Å². The fourth-order valence-corrected chi connectivity index (χ4v) is 6.20. The minimum absolute atomic E-state index is 0.402. The van der Waals surface area contributed by atoms with E-state index in [2.05, 4.69) is 64.1 Å². The summed E-state index contributed by atoms with van der Waals surface area (Å²) >= 11 is 1.77. The van der Waals surface area contributed by atoms with Gasteiger partial charge >= 0.3 is 7.12 Å². The maximum absolute atomic E-state index is 6.38. The van der Waals surface area contributed by atoms with E-state index in [1.807, 2.05) is 60.7 Å². The highest BCUT2D eigenvalue weighted by Gasteiger charge is 2.51. The second-order valence-electron chi connectivity index (χ2n) is 11.2. The summed E-state index contributed by atoms with van der Waals surface area (Å²) in [4.78, 5) is 14.9. The Balaban J connectivity index is 1.43. The second kappa shape index (κ2) is 9.34. The zero-order valence-corrected chi connectivity index (χ0v) is 23.7. The smallest absolute Gasteiger partial charge is 0.399 e. The van der Waals surface area contributed by atoms with Crippen LogP contribution in [-0.4, -0.2) is 33.3 Å². The number of benzene rings is 4. The van der Waals surface area contributed by atoms with Crippen molar-refractivity contribution in [3.63, 3.8) is 0 Å². The molecule has 1 saturated heterocycles. The van der Waals surface area contributed by atoms with Crippen molar-refractivity contribution in [1.29, 1.82) is 0 Å². The standard InChI is InChI=1S/C33H28BN3O2S/c1-32(2)33(3,4)39-34(38-32)23-18-19-26-25(20-23)28-24(16-11-17-27(28)40-26)31-36-29(21-12-7-5-8-13-21)35-30(37-31)22-14-9-6-10-15-22/h5-20H,1-4H3. The lowest BCUT2D eigenvalue weighted by molar-refractivity contribution is 0.00578. The van der Waals surface area contributed by atoms with E-state index in [4.69, 9.17) is 24.3 Å². The average molecular weight is 541 g/mol. The normalized spacial score (nSPS) is 16.1. The lowest BCUT2D eigenvalue weighted by Crippen LogP contribution is -2.41. The highest BCUT2D eigenvalue weighted by molar-refractivity contribution is 7.26. The van der Waals surface area contributed by atoms with Gasteiger partial charge in [-0.1, -0.05) is 84.9 Å². The number of fused-ring (bicyclic) bond motifs is 3. The summed E-state index contributed by atoms with van der Waals surface area (Å²) < 4.78 is 15.1. The minimum atomic E-state index is -0.428. The van der Waals surface area contributed by atoms with E-state index in [0.717, 1.165) is 32.9 Å². The van der Waals surface area contributed by atoms with E-state index in [0.29, 0.717) is 17.5 Å². The van der Waals surface area contributed by atoms with Crippen LogP contribution >= 0.6 is 11.3 Å². The summed E-state index contributed by atoms with van der Waals surface area (Å²) in [7, 11) is -0.428. The highest BCUT2D eigenvalue weighted by Crippen LogP contribution is 2.41. The van der Waals surface area contributed by atoms with Crippen LogP contribution in [0.15, 0.2) is 97.1 Å². The van der Waals surface area contributed by atoms with Gasteiger partial charge in [0.05, 0.1) is 11.2 Å². The molecule has 1 aliphatic rings. The molecule has 0 bridgehead atoms. The number of nitrogens with zero attached hydrogens (tertiary/aromatic N) is 3. The SMILES string of the molecule is CC1(C)OB(c2ccc3sc4cccc(-c5nc(-c6ccccc6)nc(-c6ccccc6)n5)c4c3c2)OC1(C)C. The molecule has 3 heterocycles. The molecule has 1 fully saturated rings. The van der Waals surface area contributed by atoms with Crippen LogP contribution in [0.5, 0.6) is 0 Å². The molecule has 4 aromatic carbocycles.